The summed E-state index contributed by atoms with van der Waals surface area (Å²) >= 11 is 0. The van der Waals surface area contributed by atoms with Gasteiger partial charge in [0.1, 0.15) is 0 Å². The van der Waals surface area contributed by atoms with Gasteiger partial charge < -0.3 is 10.2 Å². The van der Waals surface area contributed by atoms with Gasteiger partial charge in [0, 0.05) is 30.4 Å². The number of likely N-dealkylation sites (N-methyl/N-ethyl adjacent to an activating group) is 1. The van der Waals surface area contributed by atoms with Gasteiger partial charge in [-0.05, 0) is 43.8 Å². The summed E-state index contributed by atoms with van der Waals surface area (Å²) in [5.74, 6) is 0.371. The predicted octanol–water partition coefficient (Wildman–Crippen LogP) is 3.16. The van der Waals surface area contributed by atoms with Gasteiger partial charge in [-0.2, -0.15) is 0 Å². The van der Waals surface area contributed by atoms with Crippen molar-refractivity contribution < 1.29 is 4.79 Å². The largest absolute Gasteiger partial charge is 0.351 e. The Kier molecular flexibility index (Phi) is 5.88. The fraction of sp³-hybridized carbons (Fsp3) is 0.368. The maximum Gasteiger partial charge on any atom is 0.251 e. The Balaban J connectivity index is 2.12. The van der Waals surface area contributed by atoms with Crippen molar-refractivity contribution in [3.05, 3.63) is 53.7 Å². The van der Waals surface area contributed by atoms with Crippen LogP contribution in [0.1, 0.15) is 35.7 Å². The van der Waals surface area contributed by atoms with Gasteiger partial charge in [0.05, 0.1) is 5.69 Å². The highest BCUT2D eigenvalue weighted by molar-refractivity contribution is 5.94. The summed E-state index contributed by atoms with van der Waals surface area (Å²) in [7, 11) is 3.97. The minimum Gasteiger partial charge on any atom is -0.351 e. The molecule has 2 rings (SSSR count). The van der Waals surface area contributed by atoms with Crippen LogP contribution >= 0.6 is 0 Å². The molecule has 1 aromatic heterocycles. The van der Waals surface area contributed by atoms with E-state index in [9.17, 15) is 4.79 Å². The maximum absolute atomic E-state index is 12.1. The number of amides is 1. The quantitative estimate of drug-likeness (QED) is 0.891. The van der Waals surface area contributed by atoms with E-state index in [1.807, 2.05) is 55.5 Å². The molecule has 122 valence electrons. The molecular formula is C19H25N3O. The lowest BCUT2D eigenvalue weighted by Crippen LogP contribution is -2.31. The Morgan fingerprint density at radius 1 is 1.17 bits per heavy atom. The van der Waals surface area contributed by atoms with E-state index in [0.29, 0.717) is 18.0 Å². The number of aromatic nitrogens is 1. The number of pyridine rings is 1. The number of hydrogen-bond donors (Lipinski definition) is 1. The summed E-state index contributed by atoms with van der Waals surface area (Å²) in [5.41, 5.74) is 3.92. The summed E-state index contributed by atoms with van der Waals surface area (Å²) in [6.07, 6.45) is 1.81. The van der Waals surface area contributed by atoms with Crippen LogP contribution in [-0.2, 0) is 0 Å². The maximum atomic E-state index is 12.1. The molecule has 0 aliphatic heterocycles. The highest BCUT2D eigenvalue weighted by Crippen LogP contribution is 2.27. The molecule has 0 bridgehead atoms. The van der Waals surface area contributed by atoms with E-state index in [0.717, 1.165) is 17.8 Å². The van der Waals surface area contributed by atoms with E-state index in [2.05, 4.69) is 30.2 Å². The molecule has 0 unspecified atom stereocenters. The van der Waals surface area contributed by atoms with Crippen LogP contribution in [-0.4, -0.2) is 43.0 Å². The molecule has 0 saturated carbocycles. The van der Waals surface area contributed by atoms with Crippen LogP contribution in [0.2, 0.25) is 0 Å². The summed E-state index contributed by atoms with van der Waals surface area (Å²) in [5, 5.41) is 2.92. The molecule has 1 aromatic carbocycles. The first-order chi connectivity index (χ1) is 11.0. The third-order valence-electron chi connectivity index (χ3n) is 3.73. The Bertz CT molecular complexity index is 648. The molecule has 2 aromatic rings. The van der Waals surface area contributed by atoms with Crippen LogP contribution < -0.4 is 5.32 Å². The molecule has 1 amide bonds. The fourth-order valence-electron chi connectivity index (χ4n) is 2.40. The van der Waals surface area contributed by atoms with Crippen molar-refractivity contribution in [2.45, 2.75) is 19.8 Å². The molecule has 0 saturated heterocycles. The zero-order valence-electron chi connectivity index (χ0n) is 14.3. The molecule has 0 aliphatic rings. The minimum atomic E-state index is -0.0384. The highest BCUT2D eigenvalue weighted by Gasteiger charge is 2.11. The van der Waals surface area contributed by atoms with Crippen molar-refractivity contribution >= 4 is 5.91 Å². The van der Waals surface area contributed by atoms with Crippen LogP contribution in [0.4, 0.5) is 0 Å². The minimum absolute atomic E-state index is 0.0384. The van der Waals surface area contributed by atoms with Crippen LogP contribution in [0.5, 0.6) is 0 Å². The van der Waals surface area contributed by atoms with E-state index < -0.39 is 0 Å². The second kappa shape index (κ2) is 7.88. The monoisotopic (exact) mass is 311 g/mol. The molecule has 1 heterocycles. The van der Waals surface area contributed by atoms with Gasteiger partial charge in [-0.25, -0.2) is 0 Å². The lowest BCUT2D eigenvalue weighted by molar-refractivity contribution is 0.0951. The molecule has 23 heavy (non-hydrogen) atoms. The van der Waals surface area contributed by atoms with Crippen LogP contribution in [0.25, 0.3) is 11.3 Å². The smallest absolute Gasteiger partial charge is 0.251 e. The SMILES string of the molecule is CC(C)c1cccnc1-c1ccc(C(=O)NCCN(C)C)cc1. The summed E-state index contributed by atoms with van der Waals surface area (Å²) in [4.78, 5) is 18.7. The molecule has 0 atom stereocenters. The number of hydrogen-bond acceptors (Lipinski definition) is 3. The molecule has 0 fully saturated rings. The Morgan fingerprint density at radius 2 is 1.87 bits per heavy atom. The zero-order valence-corrected chi connectivity index (χ0v) is 14.3. The van der Waals surface area contributed by atoms with E-state index in [-0.39, 0.29) is 5.91 Å². The second-order valence-corrected chi connectivity index (χ2v) is 6.23. The van der Waals surface area contributed by atoms with E-state index in [1.165, 1.54) is 5.56 Å². The van der Waals surface area contributed by atoms with E-state index in [4.69, 9.17) is 0 Å². The van der Waals surface area contributed by atoms with Crippen LogP contribution in [0.15, 0.2) is 42.6 Å². The molecule has 4 heteroatoms. The van der Waals surface area contributed by atoms with Crippen molar-refractivity contribution in [1.29, 1.82) is 0 Å². The number of nitrogens with zero attached hydrogens (tertiary/aromatic N) is 2. The fourth-order valence-corrected chi connectivity index (χ4v) is 2.40. The molecule has 0 spiro atoms. The van der Waals surface area contributed by atoms with Crippen molar-refractivity contribution in [1.82, 2.24) is 15.2 Å². The van der Waals surface area contributed by atoms with Gasteiger partial charge in [0.25, 0.3) is 5.91 Å². The third-order valence-corrected chi connectivity index (χ3v) is 3.73. The normalized spacial score (nSPS) is 11.0. The number of carbonyl (C=O) groups is 1. The van der Waals surface area contributed by atoms with Crippen molar-refractivity contribution in [2.24, 2.45) is 0 Å². The number of rotatable bonds is 6. The standard InChI is InChI=1S/C19H25N3O/c1-14(2)17-6-5-11-20-18(17)15-7-9-16(10-8-15)19(23)21-12-13-22(3)4/h5-11,14H,12-13H2,1-4H3,(H,21,23). The number of nitrogens with one attached hydrogen (secondary N) is 1. The van der Waals surface area contributed by atoms with Gasteiger partial charge in [-0.3, -0.25) is 9.78 Å². The van der Waals surface area contributed by atoms with E-state index in [1.54, 1.807) is 0 Å². The highest BCUT2D eigenvalue weighted by atomic mass is 16.1. The Morgan fingerprint density at radius 3 is 2.48 bits per heavy atom. The zero-order chi connectivity index (χ0) is 16.8. The second-order valence-electron chi connectivity index (χ2n) is 6.23. The first kappa shape index (κ1) is 17.2. The van der Waals surface area contributed by atoms with Gasteiger partial charge in [0.15, 0.2) is 0 Å². The van der Waals surface area contributed by atoms with Crippen LogP contribution in [0, 0.1) is 0 Å². The topological polar surface area (TPSA) is 45.2 Å². The molecule has 1 N–H and O–H groups in total. The summed E-state index contributed by atoms with van der Waals surface area (Å²) < 4.78 is 0. The van der Waals surface area contributed by atoms with Gasteiger partial charge in [0.2, 0.25) is 0 Å². The molecule has 0 aliphatic carbocycles. The average molecular weight is 311 g/mol. The van der Waals surface area contributed by atoms with Gasteiger partial charge in [-0.1, -0.05) is 32.0 Å². The lowest BCUT2D eigenvalue weighted by Gasteiger charge is -2.12. The predicted molar refractivity (Wildman–Crippen MR) is 94.6 cm³/mol. The molecular weight excluding hydrogens is 286 g/mol. The number of benzene rings is 1. The van der Waals surface area contributed by atoms with E-state index >= 15 is 0 Å². The first-order valence-corrected chi connectivity index (χ1v) is 7.97. The van der Waals surface area contributed by atoms with Crippen molar-refractivity contribution in [3.63, 3.8) is 0 Å². The lowest BCUT2D eigenvalue weighted by atomic mass is 9.97. The third kappa shape index (κ3) is 4.63. The average Bonchev–Trinajstić information content (AvgIpc) is 2.54. The van der Waals surface area contributed by atoms with Crippen molar-refractivity contribution in [3.8, 4) is 11.3 Å². The van der Waals surface area contributed by atoms with Gasteiger partial charge in [-0.15, -0.1) is 0 Å². The molecule has 0 radical (unpaired) electrons. The summed E-state index contributed by atoms with van der Waals surface area (Å²) in [6.45, 7) is 5.79. The van der Waals surface area contributed by atoms with Crippen LogP contribution in [0.3, 0.4) is 0 Å². The van der Waals surface area contributed by atoms with Crippen molar-refractivity contribution in [2.75, 3.05) is 27.2 Å². The summed E-state index contributed by atoms with van der Waals surface area (Å²) in [6, 6.07) is 11.7. The number of carbonyl (C=O) groups excluding carboxylic acids is 1. The molecule has 4 nitrogen and oxygen atoms in total. The van der Waals surface area contributed by atoms with Gasteiger partial charge >= 0.3 is 0 Å². The Hall–Kier alpha value is -2.20. The first-order valence-electron chi connectivity index (χ1n) is 7.97. The Labute approximate surface area is 138 Å².